The fraction of sp³-hybridized carbons (Fsp3) is 0.250. The number of aromatic amines is 1. The number of H-pyrrole nitrogens is 1. The maximum Gasteiger partial charge on any atom is 0.300 e. The van der Waals surface area contributed by atoms with Crippen LogP contribution in [0.5, 0.6) is 0 Å². The molecule has 29 heavy (non-hydrogen) atoms. The molecule has 152 valence electrons. The Morgan fingerprint density at radius 1 is 1.28 bits per heavy atom. The van der Waals surface area contributed by atoms with Crippen LogP contribution < -0.4 is 5.30 Å². The Bertz CT molecular complexity index is 1120. The Morgan fingerprint density at radius 2 is 1.90 bits per heavy atom. The minimum Gasteiger partial charge on any atom is -0.320 e. The highest BCUT2D eigenvalue weighted by Gasteiger charge is 2.37. The molecule has 1 heterocycles. The van der Waals surface area contributed by atoms with Crippen molar-refractivity contribution in [2.24, 2.45) is 0 Å². The first-order valence-electron chi connectivity index (χ1n) is 8.97. The molecule has 3 rings (SSSR count). The van der Waals surface area contributed by atoms with Crippen molar-refractivity contribution in [1.29, 1.82) is 0 Å². The van der Waals surface area contributed by atoms with Crippen molar-refractivity contribution >= 4 is 54.4 Å². The Hall–Kier alpha value is -1.57. The lowest BCUT2D eigenvalue weighted by atomic mass is 9.98. The van der Waals surface area contributed by atoms with Crippen LogP contribution in [-0.2, 0) is 9.09 Å². The zero-order chi connectivity index (χ0) is 21.2. The Labute approximate surface area is 184 Å². The number of nitrogens with one attached hydrogen (secondary N) is 1. The van der Waals surface area contributed by atoms with Gasteiger partial charge in [-0.3, -0.25) is 14.5 Å². The SMILES string of the molecule is CCOP(=O)(C(=O)c1c(C)cc(C(S)c2n[nH]c(=S)s2)cc1C)c1ccccc1. The van der Waals surface area contributed by atoms with Crippen molar-refractivity contribution in [2.45, 2.75) is 26.0 Å². The third kappa shape index (κ3) is 4.47. The van der Waals surface area contributed by atoms with Gasteiger partial charge < -0.3 is 4.52 Å². The van der Waals surface area contributed by atoms with E-state index >= 15 is 0 Å². The van der Waals surface area contributed by atoms with Crippen LogP contribution in [-0.4, -0.2) is 22.3 Å². The molecule has 0 amide bonds. The van der Waals surface area contributed by atoms with E-state index in [-0.39, 0.29) is 11.9 Å². The number of aromatic nitrogens is 2. The minimum atomic E-state index is -3.72. The molecule has 3 aromatic rings. The molecular formula is C20H21N2O3PS3. The standard InChI is InChI=1S/C20H21N2O3PS3/c1-4-25-26(24,15-8-6-5-7-9-15)19(23)16-12(2)10-14(11-13(16)3)17(27)18-21-22-20(28)29-18/h5-11,17,27H,4H2,1-3H3,(H,22,28). The van der Waals surface area contributed by atoms with Crippen molar-refractivity contribution in [3.63, 3.8) is 0 Å². The van der Waals surface area contributed by atoms with E-state index in [0.717, 1.165) is 21.7 Å². The molecule has 5 nitrogen and oxygen atoms in total. The maximum atomic E-state index is 13.7. The molecular weight excluding hydrogens is 443 g/mol. The van der Waals surface area contributed by atoms with Gasteiger partial charge in [-0.2, -0.15) is 17.7 Å². The van der Waals surface area contributed by atoms with E-state index in [1.54, 1.807) is 31.2 Å². The van der Waals surface area contributed by atoms with Gasteiger partial charge in [-0.25, -0.2) is 0 Å². The largest absolute Gasteiger partial charge is 0.320 e. The van der Waals surface area contributed by atoms with Crippen LogP contribution in [0.15, 0.2) is 42.5 Å². The van der Waals surface area contributed by atoms with Crippen LogP contribution in [0, 0.1) is 17.8 Å². The Morgan fingerprint density at radius 3 is 2.41 bits per heavy atom. The van der Waals surface area contributed by atoms with Crippen LogP contribution in [0.3, 0.4) is 0 Å². The van der Waals surface area contributed by atoms with Gasteiger partial charge in [-0.05, 0) is 61.8 Å². The molecule has 0 radical (unpaired) electrons. The molecule has 0 bridgehead atoms. The fourth-order valence-corrected chi connectivity index (χ4v) is 6.56. The van der Waals surface area contributed by atoms with Crippen LogP contribution >= 0.6 is 43.6 Å². The number of hydrogen-bond donors (Lipinski definition) is 2. The van der Waals surface area contributed by atoms with Crippen molar-refractivity contribution < 1.29 is 13.9 Å². The van der Waals surface area contributed by atoms with Gasteiger partial charge in [0.05, 0.1) is 11.9 Å². The predicted octanol–water partition coefficient (Wildman–Crippen LogP) is 5.62. The van der Waals surface area contributed by atoms with E-state index in [4.69, 9.17) is 16.7 Å². The molecule has 0 aliphatic heterocycles. The van der Waals surface area contributed by atoms with Crippen molar-refractivity contribution in [3.8, 4) is 0 Å². The monoisotopic (exact) mass is 464 g/mol. The number of carbonyl (C=O) groups is 1. The average molecular weight is 465 g/mol. The predicted molar refractivity (Wildman–Crippen MR) is 124 cm³/mol. The molecule has 2 unspecified atom stereocenters. The number of benzene rings is 2. The highest BCUT2D eigenvalue weighted by atomic mass is 32.1. The summed E-state index contributed by atoms with van der Waals surface area (Å²) in [5.41, 5.74) is 2.27. The smallest absolute Gasteiger partial charge is 0.300 e. The Kier molecular flexibility index (Phi) is 6.91. The van der Waals surface area contributed by atoms with Crippen molar-refractivity contribution in [2.75, 3.05) is 6.61 Å². The first kappa shape index (κ1) is 22.1. The zero-order valence-corrected chi connectivity index (χ0v) is 19.6. The van der Waals surface area contributed by atoms with E-state index in [2.05, 4.69) is 22.8 Å². The number of thiol groups is 1. The number of rotatable bonds is 7. The van der Waals surface area contributed by atoms with Crippen LogP contribution in [0.4, 0.5) is 0 Å². The molecule has 9 heteroatoms. The average Bonchev–Trinajstić information content (AvgIpc) is 3.13. The molecule has 1 aromatic heterocycles. The number of nitrogens with zero attached hydrogens (tertiary/aromatic N) is 1. The summed E-state index contributed by atoms with van der Waals surface area (Å²) in [5.74, 6) is 0. The van der Waals surface area contributed by atoms with Gasteiger partial charge in [-0.1, -0.05) is 41.7 Å². The lowest BCUT2D eigenvalue weighted by Crippen LogP contribution is -2.17. The van der Waals surface area contributed by atoms with Gasteiger partial charge in [-0.15, -0.1) is 0 Å². The summed E-state index contributed by atoms with van der Waals surface area (Å²) in [4.78, 5) is 13.4. The molecule has 1 N–H and O–H groups in total. The van der Waals surface area contributed by atoms with Gasteiger partial charge >= 0.3 is 7.37 Å². The summed E-state index contributed by atoms with van der Waals surface area (Å²) in [6.45, 7) is 5.57. The molecule has 0 aliphatic carbocycles. The van der Waals surface area contributed by atoms with Gasteiger partial charge in [0.1, 0.15) is 5.01 Å². The van der Waals surface area contributed by atoms with Crippen LogP contribution in [0.2, 0.25) is 0 Å². The first-order valence-corrected chi connectivity index (χ1v) is 12.3. The van der Waals surface area contributed by atoms with E-state index in [0.29, 0.717) is 14.8 Å². The molecule has 0 saturated heterocycles. The molecule has 0 aliphatic rings. The summed E-state index contributed by atoms with van der Waals surface area (Å²) < 4.78 is 19.8. The highest BCUT2D eigenvalue weighted by molar-refractivity contribution is 7.83. The second-order valence-electron chi connectivity index (χ2n) is 6.49. The number of carbonyl (C=O) groups excluding carboxylic acids is 1. The molecule has 0 fully saturated rings. The van der Waals surface area contributed by atoms with Gasteiger partial charge in [0.2, 0.25) is 0 Å². The summed E-state index contributed by atoms with van der Waals surface area (Å²) in [6, 6.07) is 12.4. The lowest BCUT2D eigenvalue weighted by Gasteiger charge is -2.20. The summed E-state index contributed by atoms with van der Waals surface area (Å²) in [7, 11) is -3.72. The zero-order valence-electron chi connectivity index (χ0n) is 16.2. The molecule has 2 aromatic carbocycles. The highest BCUT2D eigenvalue weighted by Crippen LogP contribution is 2.50. The van der Waals surface area contributed by atoms with E-state index in [1.807, 2.05) is 32.0 Å². The second kappa shape index (κ2) is 9.06. The van der Waals surface area contributed by atoms with E-state index in [1.165, 1.54) is 11.3 Å². The van der Waals surface area contributed by atoms with Gasteiger partial charge in [0.25, 0.3) is 5.52 Å². The first-order chi connectivity index (χ1) is 13.8. The second-order valence-corrected chi connectivity index (χ2v) is 11.0. The minimum absolute atomic E-state index is 0.177. The third-order valence-corrected chi connectivity index (χ3v) is 8.68. The summed E-state index contributed by atoms with van der Waals surface area (Å²) >= 11 is 11.1. The third-order valence-electron chi connectivity index (χ3n) is 4.45. The lowest BCUT2D eigenvalue weighted by molar-refractivity contribution is 0.105. The van der Waals surface area contributed by atoms with E-state index < -0.39 is 12.9 Å². The normalized spacial score (nSPS) is 14.3. The Balaban J connectivity index is 2.05. The van der Waals surface area contributed by atoms with Gasteiger partial charge in [0, 0.05) is 10.9 Å². The van der Waals surface area contributed by atoms with Crippen LogP contribution in [0.25, 0.3) is 0 Å². The fourth-order valence-electron chi connectivity index (χ4n) is 3.20. The maximum absolute atomic E-state index is 13.7. The van der Waals surface area contributed by atoms with E-state index in [9.17, 15) is 9.36 Å². The van der Waals surface area contributed by atoms with Crippen molar-refractivity contribution in [1.82, 2.24) is 10.2 Å². The quantitative estimate of drug-likeness (QED) is 0.270. The number of hydrogen-bond acceptors (Lipinski definition) is 7. The summed E-state index contributed by atoms with van der Waals surface area (Å²) in [6.07, 6.45) is 0. The van der Waals surface area contributed by atoms with Gasteiger partial charge in [0.15, 0.2) is 3.95 Å². The van der Waals surface area contributed by atoms with Crippen molar-refractivity contribution in [3.05, 3.63) is 73.7 Å². The van der Waals surface area contributed by atoms with Crippen LogP contribution in [0.1, 0.15) is 44.2 Å². The molecule has 2 atom stereocenters. The summed E-state index contributed by atoms with van der Waals surface area (Å²) in [5, 5.41) is 7.83. The molecule has 0 saturated carbocycles. The molecule has 0 spiro atoms. The topological polar surface area (TPSA) is 72.1 Å². The number of aryl methyl sites for hydroxylation is 2.